The van der Waals surface area contributed by atoms with E-state index in [4.69, 9.17) is 9.47 Å². The first kappa shape index (κ1) is 18.9. The summed E-state index contributed by atoms with van der Waals surface area (Å²) in [5.74, 6) is 1.00. The molecule has 0 unspecified atom stereocenters. The van der Waals surface area contributed by atoms with Crippen LogP contribution in [0.25, 0.3) is 0 Å². The Labute approximate surface area is 167 Å². The SMILES string of the molecule is COc1cc2c(cc1OC)CN(c1cc(Nc3c(F)cccc3F)ncn1)CC2. The summed E-state index contributed by atoms with van der Waals surface area (Å²) in [5, 5.41) is 2.71. The molecule has 0 saturated heterocycles. The summed E-state index contributed by atoms with van der Waals surface area (Å²) >= 11 is 0. The highest BCUT2D eigenvalue weighted by Crippen LogP contribution is 2.34. The molecule has 3 aromatic rings. The number of nitrogens with zero attached hydrogens (tertiary/aromatic N) is 3. The molecule has 0 atom stereocenters. The topological polar surface area (TPSA) is 59.5 Å². The van der Waals surface area contributed by atoms with Gasteiger partial charge in [-0.1, -0.05) is 6.07 Å². The van der Waals surface area contributed by atoms with Crippen LogP contribution in [0.5, 0.6) is 11.5 Å². The summed E-state index contributed by atoms with van der Waals surface area (Å²) in [6.07, 6.45) is 2.19. The molecule has 0 amide bonds. The Hall–Kier alpha value is -3.42. The second kappa shape index (κ2) is 7.90. The van der Waals surface area contributed by atoms with Gasteiger partial charge in [0.1, 0.15) is 35.3 Å². The Bertz CT molecular complexity index is 1020. The van der Waals surface area contributed by atoms with Gasteiger partial charge >= 0.3 is 0 Å². The molecule has 2 heterocycles. The van der Waals surface area contributed by atoms with Gasteiger partial charge in [-0.05, 0) is 41.8 Å². The van der Waals surface area contributed by atoms with Gasteiger partial charge in [0.15, 0.2) is 11.5 Å². The number of anilines is 3. The molecule has 0 saturated carbocycles. The Kier molecular flexibility index (Phi) is 5.16. The van der Waals surface area contributed by atoms with E-state index in [2.05, 4.69) is 20.2 Å². The Morgan fingerprint density at radius 3 is 2.34 bits per heavy atom. The average molecular weight is 398 g/mol. The van der Waals surface area contributed by atoms with Gasteiger partial charge in [0, 0.05) is 19.2 Å². The molecular weight excluding hydrogens is 378 g/mol. The number of hydrogen-bond acceptors (Lipinski definition) is 6. The van der Waals surface area contributed by atoms with Crippen molar-refractivity contribution in [3.63, 3.8) is 0 Å². The van der Waals surface area contributed by atoms with Gasteiger partial charge in [-0.3, -0.25) is 0 Å². The molecule has 0 aliphatic carbocycles. The molecule has 6 nitrogen and oxygen atoms in total. The number of methoxy groups -OCH3 is 2. The maximum Gasteiger partial charge on any atom is 0.161 e. The molecule has 8 heteroatoms. The van der Waals surface area contributed by atoms with Crippen LogP contribution in [-0.2, 0) is 13.0 Å². The van der Waals surface area contributed by atoms with E-state index in [0.29, 0.717) is 29.7 Å². The van der Waals surface area contributed by atoms with Crippen LogP contribution in [0.15, 0.2) is 42.7 Å². The second-order valence-electron chi connectivity index (χ2n) is 6.63. The van der Waals surface area contributed by atoms with Crippen LogP contribution in [0.2, 0.25) is 0 Å². The van der Waals surface area contributed by atoms with Crippen LogP contribution in [0.1, 0.15) is 11.1 Å². The fourth-order valence-corrected chi connectivity index (χ4v) is 3.41. The van der Waals surface area contributed by atoms with Gasteiger partial charge in [-0.15, -0.1) is 0 Å². The van der Waals surface area contributed by atoms with Crippen LogP contribution < -0.4 is 19.7 Å². The zero-order valence-corrected chi connectivity index (χ0v) is 16.1. The molecule has 1 N–H and O–H groups in total. The predicted octanol–water partition coefficient (Wildman–Crippen LogP) is 4.08. The summed E-state index contributed by atoms with van der Waals surface area (Å²) in [6, 6.07) is 9.34. The molecule has 0 radical (unpaired) electrons. The summed E-state index contributed by atoms with van der Waals surface area (Å²) in [5.41, 5.74) is 2.07. The standard InChI is InChI=1S/C21H20F2N4O2/c1-28-17-8-13-6-7-27(11-14(13)9-18(17)29-2)20-10-19(24-12-25-20)26-21-15(22)4-3-5-16(21)23/h3-5,8-10,12H,6-7,11H2,1-2H3,(H,24,25,26). The summed E-state index contributed by atoms with van der Waals surface area (Å²) in [4.78, 5) is 10.5. The minimum atomic E-state index is -0.682. The van der Waals surface area contributed by atoms with E-state index in [1.807, 2.05) is 12.1 Å². The maximum atomic E-state index is 13.9. The molecule has 1 aliphatic heterocycles. The molecule has 1 aromatic heterocycles. The number of halogens is 2. The first-order valence-corrected chi connectivity index (χ1v) is 9.11. The lowest BCUT2D eigenvalue weighted by molar-refractivity contribution is 0.353. The number of benzene rings is 2. The largest absolute Gasteiger partial charge is 0.493 e. The third-order valence-electron chi connectivity index (χ3n) is 4.91. The number of fused-ring (bicyclic) bond motifs is 1. The minimum Gasteiger partial charge on any atom is -0.493 e. The van der Waals surface area contributed by atoms with Crippen LogP contribution in [0.3, 0.4) is 0 Å². The van der Waals surface area contributed by atoms with E-state index in [9.17, 15) is 8.78 Å². The molecule has 150 valence electrons. The quantitative estimate of drug-likeness (QED) is 0.699. The first-order chi connectivity index (χ1) is 14.1. The van der Waals surface area contributed by atoms with Gasteiger partial charge in [0.2, 0.25) is 0 Å². The molecule has 0 fully saturated rings. The lowest BCUT2D eigenvalue weighted by Crippen LogP contribution is -2.31. The van der Waals surface area contributed by atoms with Crippen molar-refractivity contribution < 1.29 is 18.3 Å². The first-order valence-electron chi connectivity index (χ1n) is 9.11. The lowest BCUT2D eigenvalue weighted by Gasteiger charge is -2.30. The van der Waals surface area contributed by atoms with E-state index in [1.165, 1.54) is 30.1 Å². The lowest BCUT2D eigenvalue weighted by atomic mass is 9.99. The predicted molar refractivity (Wildman–Crippen MR) is 106 cm³/mol. The van der Waals surface area contributed by atoms with Gasteiger partial charge in [-0.2, -0.15) is 0 Å². The highest BCUT2D eigenvalue weighted by Gasteiger charge is 2.21. The highest BCUT2D eigenvalue weighted by atomic mass is 19.1. The number of rotatable bonds is 5. The van der Waals surface area contributed by atoms with Crippen molar-refractivity contribution in [3.05, 3.63) is 65.5 Å². The van der Waals surface area contributed by atoms with Crippen molar-refractivity contribution in [2.75, 3.05) is 31.0 Å². The van der Waals surface area contributed by atoms with E-state index < -0.39 is 11.6 Å². The molecule has 0 bridgehead atoms. The Morgan fingerprint density at radius 1 is 0.966 bits per heavy atom. The molecule has 4 rings (SSSR count). The van der Waals surface area contributed by atoms with Crippen molar-refractivity contribution in [2.45, 2.75) is 13.0 Å². The minimum absolute atomic E-state index is 0.238. The van der Waals surface area contributed by atoms with Gasteiger partial charge in [-0.25, -0.2) is 18.7 Å². The van der Waals surface area contributed by atoms with E-state index in [0.717, 1.165) is 18.5 Å². The van der Waals surface area contributed by atoms with E-state index >= 15 is 0 Å². The average Bonchev–Trinajstić information content (AvgIpc) is 2.75. The maximum absolute atomic E-state index is 13.9. The van der Waals surface area contributed by atoms with Gasteiger partial charge in [0.05, 0.1) is 14.2 Å². The van der Waals surface area contributed by atoms with Gasteiger partial charge < -0.3 is 19.7 Å². The van der Waals surface area contributed by atoms with Gasteiger partial charge in [0.25, 0.3) is 0 Å². The third kappa shape index (κ3) is 3.78. The smallest absolute Gasteiger partial charge is 0.161 e. The second-order valence-corrected chi connectivity index (χ2v) is 6.63. The fourth-order valence-electron chi connectivity index (χ4n) is 3.41. The monoisotopic (exact) mass is 398 g/mol. The van der Waals surface area contributed by atoms with Crippen LogP contribution in [0, 0.1) is 11.6 Å². The van der Waals surface area contributed by atoms with Crippen molar-refractivity contribution >= 4 is 17.3 Å². The number of hydrogen-bond donors (Lipinski definition) is 1. The highest BCUT2D eigenvalue weighted by molar-refractivity contribution is 5.61. The third-order valence-corrected chi connectivity index (χ3v) is 4.91. The fraction of sp³-hybridized carbons (Fsp3) is 0.238. The molecule has 1 aliphatic rings. The van der Waals surface area contributed by atoms with E-state index in [-0.39, 0.29) is 5.69 Å². The van der Waals surface area contributed by atoms with Crippen LogP contribution >= 0.6 is 0 Å². The van der Waals surface area contributed by atoms with Crippen molar-refractivity contribution in [3.8, 4) is 11.5 Å². The Morgan fingerprint density at radius 2 is 1.66 bits per heavy atom. The zero-order chi connectivity index (χ0) is 20.4. The molecule has 29 heavy (non-hydrogen) atoms. The number of aromatic nitrogens is 2. The van der Waals surface area contributed by atoms with Crippen LogP contribution in [-0.4, -0.2) is 30.7 Å². The number of nitrogens with one attached hydrogen (secondary N) is 1. The number of para-hydroxylation sites is 1. The normalized spacial score (nSPS) is 13.0. The summed E-state index contributed by atoms with van der Waals surface area (Å²) in [7, 11) is 3.22. The molecule has 2 aromatic carbocycles. The summed E-state index contributed by atoms with van der Waals surface area (Å²) in [6.45, 7) is 1.37. The van der Waals surface area contributed by atoms with Crippen molar-refractivity contribution in [2.24, 2.45) is 0 Å². The summed E-state index contributed by atoms with van der Waals surface area (Å²) < 4.78 is 38.6. The zero-order valence-electron chi connectivity index (χ0n) is 16.1. The van der Waals surface area contributed by atoms with Crippen LogP contribution in [0.4, 0.5) is 26.1 Å². The van der Waals surface area contributed by atoms with Crippen molar-refractivity contribution in [1.29, 1.82) is 0 Å². The van der Waals surface area contributed by atoms with Crippen molar-refractivity contribution in [1.82, 2.24) is 9.97 Å². The van der Waals surface area contributed by atoms with E-state index in [1.54, 1.807) is 20.3 Å². The Balaban J connectivity index is 1.58. The molecule has 0 spiro atoms. The molecular formula is C21H20F2N4O2. The number of ether oxygens (including phenoxy) is 2.